The number of urea groups is 1. The minimum absolute atomic E-state index is 0.0293. The highest BCUT2D eigenvalue weighted by atomic mass is 16.5. The van der Waals surface area contributed by atoms with E-state index in [0.717, 1.165) is 10.5 Å². The van der Waals surface area contributed by atoms with Gasteiger partial charge in [-0.3, -0.25) is 4.79 Å². The van der Waals surface area contributed by atoms with Gasteiger partial charge in [0, 0.05) is 5.56 Å². The number of carbonyl (C=O) groups excluding carboxylic acids is 3. The van der Waals surface area contributed by atoms with Crippen LogP contribution in [0, 0.1) is 6.92 Å². The summed E-state index contributed by atoms with van der Waals surface area (Å²) in [4.78, 5) is 42.4. The number of anilines is 1. The standard InChI is InChI=1S/C21H18N2O5/c1-3-28-20(26)16(18(24)14-7-5-4-6-8-14)17-19(25)23(21(27)22-17)15-11-9-13(2)10-12-15/h4-12,24H,3H2,1-2H3. The van der Waals surface area contributed by atoms with Crippen molar-refractivity contribution in [1.82, 2.24) is 0 Å². The number of benzene rings is 2. The van der Waals surface area contributed by atoms with Gasteiger partial charge in [0.2, 0.25) is 0 Å². The summed E-state index contributed by atoms with van der Waals surface area (Å²) in [6.07, 6.45) is 0. The van der Waals surface area contributed by atoms with Crippen LogP contribution in [0.4, 0.5) is 10.5 Å². The Labute approximate surface area is 161 Å². The number of esters is 1. The van der Waals surface area contributed by atoms with E-state index in [-0.39, 0.29) is 6.61 Å². The van der Waals surface area contributed by atoms with Gasteiger partial charge in [-0.25, -0.2) is 14.5 Å². The zero-order chi connectivity index (χ0) is 20.3. The Morgan fingerprint density at radius 2 is 1.71 bits per heavy atom. The van der Waals surface area contributed by atoms with Crippen LogP contribution in [0.15, 0.2) is 65.2 Å². The van der Waals surface area contributed by atoms with Crippen LogP contribution in [0.25, 0.3) is 5.76 Å². The van der Waals surface area contributed by atoms with Gasteiger partial charge in [-0.1, -0.05) is 48.0 Å². The van der Waals surface area contributed by atoms with Crippen molar-refractivity contribution in [3.05, 3.63) is 71.3 Å². The molecule has 2 aromatic rings. The first-order valence-corrected chi connectivity index (χ1v) is 8.64. The monoisotopic (exact) mass is 378 g/mol. The number of rotatable bonds is 5. The molecular formula is C21H18N2O5. The largest absolute Gasteiger partial charge is 0.506 e. The molecule has 3 rings (SSSR count). The Morgan fingerprint density at radius 3 is 2.32 bits per heavy atom. The molecule has 28 heavy (non-hydrogen) atoms. The second-order valence-electron chi connectivity index (χ2n) is 6.03. The number of hydrogen-bond acceptors (Lipinski definition) is 5. The van der Waals surface area contributed by atoms with Gasteiger partial charge in [0.05, 0.1) is 12.3 Å². The third-order valence-electron chi connectivity index (χ3n) is 4.10. The summed E-state index contributed by atoms with van der Waals surface area (Å²) in [6.45, 7) is 3.50. The molecule has 0 spiro atoms. The predicted molar refractivity (Wildman–Crippen MR) is 104 cm³/mol. The average molecular weight is 378 g/mol. The van der Waals surface area contributed by atoms with Crippen LogP contribution < -0.4 is 4.90 Å². The molecule has 0 bridgehead atoms. The van der Waals surface area contributed by atoms with E-state index in [0.29, 0.717) is 11.3 Å². The summed E-state index contributed by atoms with van der Waals surface area (Å²) in [6, 6.07) is 14.1. The van der Waals surface area contributed by atoms with E-state index in [2.05, 4.69) is 4.99 Å². The molecule has 2 aromatic carbocycles. The molecule has 0 unspecified atom stereocenters. The molecule has 1 N–H and O–H groups in total. The molecular weight excluding hydrogens is 360 g/mol. The first kappa shape index (κ1) is 19.0. The van der Waals surface area contributed by atoms with Gasteiger partial charge in [0.1, 0.15) is 11.3 Å². The maximum Gasteiger partial charge on any atom is 0.355 e. The number of aliphatic hydroxyl groups is 1. The van der Waals surface area contributed by atoms with E-state index in [1.165, 1.54) is 0 Å². The number of nitrogens with zero attached hydrogens (tertiary/aromatic N) is 2. The topological polar surface area (TPSA) is 96.3 Å². The Bertz CT molecular complexity index is 991. The van der Waals surface area contributed by atoms with Crippen molar-refractivity contribution < 1.29 is 24.2 Å². The van der Waals surface area contributed by atoms with Crippen LogP contribution in [0.1, 0.15) is 18.1 Å². The molecule has 1 aliphatic heterocycles. The zero-order valence-corrected chi connectivity index (χ0v) is 15.4. The highest BCUT2D eigenvalue weighted by molar-refractivity contribution is 6.62. The van der Waals surface area contributed by atoms with Crippen LogP contribution >= 0.6 is 0 Å². The number of aliphatic imine (C=N–C) groups is 1. The minimum atomic E-state index is -0.936. The van der Waals surface area contributed by atoms with Crippen LogP contribution in [0.3, 0.4) is 0 Å². The molecule has 3 amide bonds. The lowest BCUT2D eigenvalue weighted by Gasteiger charge is -2.14. The van der Waals surface area contributed by atoms with E-state index in [1.54, 1.807) is 61.5 Å². The van der Waals surface area contributed by atoms with Gasteiger partial charge < -0.3 is 9.84 Å². The predicted octanol–water partition coefficient (Wildman–Crippen LogP) is 3.44. The molecule has 0 saturated heterocycles. The number of aryl methyl sites for hydroxylation is 1. The van der Waals surface area contributed by atoms with E-state index in [1.807, 2.05) is 6.92 Å². The zero-order valence-electron chi connectivity index (χ0n) is 15.4. The average Bonchev–Trinajstić information content (AvgIpc) is 2.98. The lowest BCUT2D eigenvalue weighted by atomic mass is 10.0. The number of aliphatic hydroxyl groups excluding tert-OH is 1. The summed E-state index contributed by atoms with van der Waals surface area (Å²) < 4.78 is 4.98. The van der Waals surface area contributed by atoms with Crippen LogP contribution in [0.2, 0.25) is 0 Å². The molecule has 7 nitrogen and oxygen atoms in total. The van der Waals surface area contributed by atoms with Gasteiger partial charge in [-0.05, 0) is 26.0 Å². The van der Waals surface area contributed by atoms with Crippen molar-refractivity contribution in [2.75, 3.05) is 11.5 Å². The van der Waals surface area contributed by atoms with Crippen molar-refractivity contribution in [3.63, 3.8) is 0 Å². The lowest BCUT2D eigenvalue weighted by molar-refractivity contribution is -0.138. The second kappa shape index (κ2) is 7.87. The molecule has 1 aliphatic rings. The van der Waals surface area contributed by atoms with Gasteiger partial charge in [0.15, 0.2) is 5.71 Å². The maximum absolute atomic E-state index is 12.9. The van der Waals surface area contributed by atoms with Crippen molar-refractivity contribution in [2.45, 2.75) is 13.8 Å². The van der Waals surface area contributed by atoms with Gasteiger partial charge in [-0.15, -0.1) is 0 Å². The van der Waals surface area contributed by atoms with Crippen LogP contribution in [0.5, 0.6) is 0 Å². The Kier molecular flexibility index (Phi) is 5.35. The van der Waals surface area contributed by atoms with Gasteiger partial charge >= 0.3 is 12.0 Å². The van der Waals surface area contributed by atoms with Crippen LogP contribution in [-0.4, -0.2) is 35.3 Å². The fourth-order valence-electron chi connectivity index (χ4n) is 2.72. The summed E-state index contributed by atoms with van der Waals surface area (Å²) in [5.74, 6) is -2.22. The fourth-order valence-corrected chi connectivity index (χ4v) is 2.72. The maximum atomic E-state index is 12.9. The number of amides is 3. The van der Waals surface area contributed by atoms with Crippen molar-refractivity contribution in [2.24, 2.45) is 4.99 Å². The summed E-state index contributed by atoms with van der Waals surface area (Å²) in [7, 11) is 0. The number of carbonyl (C=O) groups is 3. The van der Waals surface area contributed by atoms with E-state index < -0.39 is 35.0 Å². The molecule has 142 valence electrons. The molecule has 7 heteroatoms. The highest BCUT2D eigenvalue weighted by Crippen LogP contribution is 2.26. The number of imide groups is 1. The quantitative estimate of drug-likeness (QED) is 0.488. The summed E-state index contributed by atoms with van der Waals surface area (Å²) in [5, 5.41) is 10.7. The molecule has 0 fully saturated rings. The number of ether oxygens (including phenoxy) is 1. The van der Waals surface area contributed by atoms with Crippen molar-refractivity contribution in [1.29, 1.82) is 0 Å². The normalized spacial score (nSPS) is 14.6. The number of hydrogen-bond donors (Lipinski definition) is 1. The lowest BCUT2D eigenvalue weighted by Crippen LogP contribution is -2.34. The molecule has 1 heterocycles. The SMILES string of the molecule is CCOC(=O)C(C1=NC(=O)N(c2ccc(C)cc2)C1=O)=C(O)c1ccccc1. The molecule has 0 atom stereocenters. The Balaban J connectivity index is 2.07. The minimum Gasteiger partial charge on any atom is -0.506 e. The smallest absolute Gasteiger partial charge is 0.355 e. The van der Waals surface area contributed by atoms with Crippen molar-refractivity contribution in [3.8, 4) is 0 Å². The van der Waals surface area contributed by atoms with Gasteiger partial charge in [-0.2, -0.15) is 4.99 Å². The molecule has 0 radical (unpaired) electrons. The third kappa shape index (κ3) is 3.55. The summed E-state index contributed by atoms with van der Waals surface area (Å²) in [5.41, 5.74) is 0.674. The Hall–Kier alpha value is -3.74. The third-order valence-corrected chi connectivity index (χ3v) is 4.10. The van der Waals surface area contributed by atoms with Crippen molar-refractivity contribution >= 4 is 35.1 Å². The molecule has 0 saturated carbocycles. The van der Waals surface area contributed by atoms with E-state index in [9.17, 15) is 19.5 Å². The van der Waals surface area contributed by atoms with E-state index in [4.69, 9.17) is 4.74 Å². The fraction of sp³-hybridized carbons (Fsp3) is 0.143. The second-order valence-corrected chi connectivity index (χ2v) is 6.03. The first-order valence-electron chi connectivity index (χ1n) is 8.64. The first-order chi connectivity index (χ1) is 13.4. The molecule has 0 aliphatic carbocycles. The molecule has 0 aromatic heterocycles. The van der Waals surface area contributed by atoms with Gasteiger partial charge in [0.25, 0.3) is 5.91 Å². The Morgan fingerprint density at radius 1 is 1.07 bits per heavy atom. The highest BCUT2D eigenvalue weighted by Gasteiger charge is 2.40. The van der Waals surface area contributed by atoms with Crippen LogP contribution in [-0.2, 0) is 14.3 Å². The summed E-state index contributed by atoms with van der Waals surface area (Å²) >= 11 is 0. The van der Waals surface area contributed by atoms with E-state index >= 15 is 0 Å².